The number of rotatable bonds is 3. The highest BCUT2D eigenvalue weighted by Crippen LogP contribution is 2.12. The van der Waals surface area contributed by atoms with Gasteiger partial charge in [0.1, 0.15) is 10.6 Å². The number of carbonyl (C=O) groups excluding carboxylic acids is 1. The average Bonchev–Trinajstić information content (AvgIpc) is 2.78. The fourth-order valence-electron chi connectivity index (χ4n) is 1.25. The second-order valence-corrected chi connectivity index (χ2v) is 4.20. The van der Waals surface area contributed by atoms with Crippen LogP contribution in [-0.4, -0.2) is 26.8 Å². The molecule has 1 amide bonds. The summed E-state index contributed by atoms with van der Waals surface area (Å²) in [6.07, 6.45) is 1.37. The molecule has 0 bridgehead atoms. The second kappa shape index (κ2) is 5.37. The van der Waals surface area contributed by atoms with Crippen molar-refractivity contribution in [2.45, 2.75) is 6.92 Å². The van der Waals surface area contributed by atoms with Gasteiger partial charge in [0.05, 0.1) is 11.9 Å². The molecule has 2 rings (SSSR count). The van der Waals surface area contributed by atoms with Gasteiger partial charge in [-0.15, -0.1) is 5.10 Å². The number of hydrogen-bond acceptors (Lipinski definition) is 6. The molecule has 0 aliphatic rings. The van der Waals surface area contributed by atoms with E-state index in [2.05, 4.69) is 20.1 Å². The lowest BCUT2D eigenvalue weighted by Crippen LogP contribution is -2.17. The van der Waals surface area contributed by atoms with Gasteiger partial charge in [-0.2, -0.15) is 5.10 Å². The maximum absolute atomic E-state index is 11.6. The molecular weight excluding hydrogens is 252 g/mol. The van der Waals surface area contributed by atoms with Gasteiger partial charge in [0.2, 0.25) is 0 Å². The number of hydrazone groups is 1. The largest absolute Gasteiger partial charge is 0.507 e. The van der Waals surface area contributed by atoms with Crippen molar-refractivity contribution in [2.24, 2.45) is 5.10 Å². The quantitative estimate of drug-likeness (QED) is 0.645. The second-order valence-electron chi connectivity index (χ2n) is 3.45. The van der Waals surface area contributed by atoms with Gasteiger partial charge in [0.25, 0.3) is 5.91 Å². The summed E-state index contributed by atoms with van der Waals surface area (Å²) in [7, 11) is 0. The van der Waals surface area contributed by atoms with E-state index in [0.717, 1.165) is 11.5 Å². The molecule has 0 radical (unpaired) electrons. The fraction of sp³-hybridized carbons (Fsp3) is 0.0909. The summed E-state index contributed by atoms with van der Waals surface area (Å²) in [6.45, 7) is 1.70. The molecule has 0 aliphatic carbocycles. The third-order valence-electron chi connectivity index (χ3n) is 2.16. The number of nitrogens with zero attached hydrogens (tertiary/aromatic N) is 3. The highest BCUT2D eigenvalue weighted by molar-refractivity contribution is 7.07. The first kappa shape index (κ1) is 12.2. The first-order valence-electron chi connectivity index (χ1n) is 5.09. The Morgan fingerprint density at radius 2 is 2.28 bits per heavy atom. The van der Waals surface area contributed by atoms with Crippen LogP contribution in [0.1, 0.15) is 20.9 Å². The number of aromatic hydroxyl groups is 1. The van der Waals surface area contributed by atoms with Crippen LogP contribution in [0.15, 0.2) is 29.4 Å². The number of carbonyl (C=O) groups is 1. The summed E-state index contributed by atoms with van der Waals surface area (Å²) in [6, 6.07) is 6.70. The van der Waals surface area contributed by atoms with E-state index in [9.17, 15) is 9.90 Å². The molecule has 0 aliphatic heterocycles. The van der Waals surface area contributed by atoms with E-state index in [1.165, 1.54) is 6.21 Å². The van der Waals surface area contributed by atoms with Crippen LogP contribution >= 0.6 is 11.5 Å². The summed E-state index contributed by atoms with van der Waals surface area (Å²) in [5.41, 5.74) is 3.44. The number of para-hydroxylation sites is 1. The molecule has 0 saturated carbocycles. The van der Waals surface area contributed by atoms with Gasteiger partial charge >= 0.3 is 0 Å². The summed E-state index contributed by atoms with van der Waals surface area (Å²) < 4.78 is 3.66. The SMILES string of the molecule is Cc1nnsc1C(=O)N/N=C/c1ccccc1O. The van der Waals surface area contributed by atoms with Crippen molar-refractivity contribution in [3.8, 4) is 5.75 Å². The van der Waals surface area contributed by atoms with Gasteiger partial charge in [-0.3, -0.25) is 4.79 Å². The van der Waals surface area contributed by atoms with Crippen LogP contribution in [0.2, 0.25) is 0 Å². The molecule has 1 heterocycles. The van der Waals surface area contributed by atoms with Crippen LogP contribution in [0.5, 0.6) is 5.75 Å². The van der Waals surface area contributed by atoms with Crippen LogP contribution in [0, 0.1) is 6.92 Å². The lowest BCUT2D eigenvalue weighted by molar-refractivity contribution is 0.0958. The minimum absolute atomic E-state index is 0.103. The molecule has 1 aromatic carbocycles. The van der Waals surface area contributed by atoms with Gasteiger partial charge in [0, 0.05) is 5.56 Å². The van der Waals surface area contributed by atoms with E-state index in [1.54, 1.807) is 31.2 Å². The van der Waals surface area contributed by atoms with Crippen LogP contribution < -0.4 is 5.43 Å². The molecule has 0 saturated heterocycles. The van der Waals surface area contributed by atoms with Gasteiger partial charge in [-0.1, -0.05) is 16.6 Å². The van der Waals surface area contributed by atoms with Gasteiger partial charge < -0.3 is 5.11 Å². The standard InChI is InChI=1S/C11H10N4O2S/c1-7-10(18-15-13-7)11(17)14-12-6-8-4-2-3-5-9(8)16/h2-6,16H,1H3,(H,14,17)/b12-6+. The van der Waals surface area contributed by atoms with E-state index in [-0.39, 0.29) is 11.7 Å². The van der Waals surface area contributed by atoms with E-state index in [0.29, 0.717) is 16.1 Å². The normalized spacial score (nSPS) is 10.7. The summed E-state index contributed by atoms with van der Waals surface area (Å²) in [5.74, 6) is -0.264. The van der Waals surface area contributed by atoms with Crippen molar-refractivity contribution >= 4 is 23.7 Å². The summed E-state index contributed by atoms with van der Waals surface area (Å²) >= 11 is 1.01. The Bertz CT molecular complexity index is 594. The molecule has 2 aromatic rings. The van der Waals surface area contributed by atoms with E-state index < -0.39 is 0 Å². The minimum Gasteiger partial charge on any atom is -0.507 e. The van der Waals surface area contributed by atoms with Crippen molar-refractivity contribution in [3.05, 3.63) is 40.4 Å². The Labute approximate surface area is 107 Å². The van der Waals surface area contributed by atoms with Crippen LogP contribution in [0.4, 0.5) is 0 Å². The molecule has 6 nitrogen and oxygen atoms in total. The molecule has 18 heavy (non-hydrogen) atoms. The maximum atomic E-state index is 11.6. The molecule has 1 aromatic heterocycles. The van der Waals surface area contributed by atoms with Crippen molar-refractivity contribution in [1.82, 2.24) is 15.0 Å². The maximum Gasteiger partial charge on any atom is 0.285 e. The topological polar surface area (TPSA) is 87.5 Å². The first-order chi connectivity index (χ1) is 8.68. The monoisotopic (exact) mass is 262 g/mol. The average molecular weight is 262 g/mol. The van der Waals surface area contributed by atoms with Crippen molar-refractivity contribution < 1.29 is 9.90 Å². The van der Waals surface area contributed by atoms with Crippen LogP contribution in [-0.2, 0) is 0 Å². The molecule has 2 N–H and O–H groups in total. The number of aromatic nitrogens is 2. The number of phenolic OH excluding ortho intramolecular Hbond substituents is 1. The predicted molar refractivity (Wildman–Crippen MR) is 67.8 cm³/mol. The molecule has 0 unspecified atom stereocenters. The Hall–Kier alpha value is -2.28. The zero-order valence-corrected chi connectivity index (χ0v) is 10.3. The van der Waals surface area contributed by atoms with Crippen molar-refractivity contribution in [3.63, 3.8) is 0 Å². The number of nitrogens with one attached hydrogen (secondary N) is 1. The van der Waals surface area contributed by atoms with E-state index in [4.69, 9.17) is 0 Å². The molecule has 7 heteroatoms. The third kappa shape index (κ3) is 2.69. The van der Waals surface area contributed by atoms with Crippen molar-refractivity contribution in [2.75, 3.05) is 0 Å². The molecule has 0 atom stereocenters. The molecule has 92 valence electrons. The van der Waals surface area contributed by atoms with Gasteiger partial charge in [-0.05, 0) is 30.6 Å². The van der Waals surface area contributed by atoms with E-state index in [1.807, 2.05) is 0 Å². The summed E-state index contributed by atoms with van der Waals surface area (Å²) in [5, 5.41) is 17.0. The molecule has 0 spiro atoms. The number of aryl methyl sites for hydroxylation is 1. The van der Waals surface area contributed by atoms with Gasteiger partial charge in [0.15, 0.2) is 0 Å². The lowest BCUT2D eigenvalue weighted by Gasteiger charge is -1.98. The smallest absolute Gasteiger partial charge is 0.285 e. The highest BCUT2D eigenvalue weighted by Gasteiger charge is 2.11. The van der Waals surface area contributed by atoms with Crippen molar-refractivity contribution in [1.29, 1.82) is 0 Å². The zero-order chi connectivity index (χ0) is 13.0. The number of hydrogen-bond donors (Lipinski definition) is 2. The third-order valence-corrected chi connectivity index (χ3v) is 2.99. The number of phenols is 1. The zero-order valence-electron chi connectivity index (χ0n) is 9.49. The first-order valence-corrected chi connectivity index (χ1v) is 5.86. The summed E-state index contributed by atoms with van der Waals surface area (Å²) in [4.78, 5) is 12.1. The Morgan fingerprint density at radius 3 is 2.94 bits per heavy atom. The number of benzene rings is 1. The van der Waals surface area contributed by atoms with Crippen LogP contribution in [0.3, 0.4) is 0 Å². The molecule has 0 fully saturated rings. The fourth-order valence-corrected chi connectivity index (χ4v) is 1.79. The highest BCUT2D eigenvalue weighted by atomic mass is 32.1. The van der Waals surface area contributed by atoms with Gasteiger partial charge in [-0.25, -0.2) is 5.43 Å². The molecular formula is C11H10N4O2S. The minimum atomic E-state index is -0.367. The van der Waals surface area contributed by atoms with Crippen LogP contribution in [0.25, 0.3) is 0 Å². The Balaban J connectivity index is 2.03. The predicted octanol–water partition coefficient (Wildman–Crippen LogP) is 1.32. The number of amides is 1. The van der Waals surface area contributed by atoms with E-state index >= 15 is 0 Å². The Morgan fingerprint density at radius 1 is 1.50 bits per heavy atom. The Kier molecular flexibility index (Phi) is 3.63. The lowest BCUT2D eigenvalue weighted by atomic mass is 10.2.